The van der Waals surface area contributed by atoms with E-state index in [0.717, 1.165) is 22.7 Å². The van der Waals surface area contributed by atoms with Gasteiger partial charge >= 0.3 is 0 Å². The molecule has 2 aromatic carbocycles. The first-order valence-corrected chi connectivity index (χ1v) is 8.84. The van der Waals surface area contributed by atoms with Crippen LogP contribution in [0.1, 0.15) is 25.3 Å². The molecule has 4 nitrogen and oxygen atoms in total. The average molecular weight is 376 g/mol. The van der Waals surface area contributed by atoms with Crippen LogP contribution in [-0.2, 0) is 13.1 Å². The molecule has 130 valence electrons. The molecule has 0 amide bonds. The molecule has 0 saturated heterocycles. The standard InChI is InChI=1S/C19H19Cl2N3O/c1-13(2)24(11-14-6-5-7-15(20)10-14)12-18-22-23-19(25-18)16-8-3-4-9-17(16)21/h3-10,13H,11-12H2,1-2H3. The maximum Gasteiger partial charge on any atom is 0.249 e. The second kappa shape index (κ2) is 8.00. The molecule has 0 spiro atoms. The first-order valence-electron chi connectivity index (χ1n) is 8.08. The summed E-state index contributed by atoms with van der Waals surface area (Å²) in [6, 6.07) is 15.6. The van der Waals surface area contributed by atoms with Crippen molar-refractivity contribution in [3.63, 3.8) is 0 Å². The SMILES string of the molecule is CC(C)N(Cc1cccc(Cl)c1)Cc1nnc(-c2ccccc2Cl)o1. The van der Waals surface area contributed by atoms with Crippen molar-refractivity contribution in [3.8, 4) is 11.5 Å². The molecule has 0 bridgehead atoms. The highest BCUT2D eigenvalue weighted by atomic mass is 35.5. The maximum absolute atomic E-state index is 6.20. The minimum absolute atomic E-state index is 0.314. The van der Waals surface area contributed by atoms with Gasteiger partial charge in [-0.25, -0.2) is 0 Å². The van der Waals surface area contributed by atoms with E-state index in [9.17, 15) is 0 Å². The third-order valence-electron chi connectivity index (χ3n) is 3.91. The van der Waals surface area contributed by atoms with Gasteiger partial charge in [-0.2, -0.15) is 0 Å². The highest BCUT2D eigenvalue weighted by Gasteiger charge is 2.17. The van der Waals surface area contributed by atoms with E-state index in [-0.39, 0.29) is 0 Å². The minimum Gasteiger partial charge on any atom is -0.419 e. The number of rotatable bonds is 6. The molecule has 1 heterocycles. The van der Waals surface area contributed by atoms with Crippen LogP contribution in [0.2, 0.25) is 10.0 Å². The van der Waals surface area contributed by atoms with E-state index >= 15 is 0 Å². The Labute approximate surface area is 157 Å². The van der Waals surface area contributed by atoms with Gasteiger partial charge in [-0.05, 0) is 43.7 Å². The lowest BCUT2D eigenvalue weighted by Crippen LogP contribution is -2.30. The quantitative estimate of drug-likeness (QED) is 0.573. The van der Waals surface area contributed by atoms with Crippen molar-refractivity contribution in [1.29, 1.82) is 0 Å². The van der Waals surface area contributed by atoms with Crippen molar-refractivity contribution < 1.29 is 4.42 Å². The summed E-state index contributed by atoms with van der Waals surface area (Å²) >= 11 is 12.3. The molecule has 0 aliphatic rings. The normalized spacial score (nSPS) is 11.4. The van der Waals surface area contributed by atoms with Crippen LogP contribution >= 0.6 is 23.2 Å². The minimum atomic E-state index is 0.314. The summed E-state index contributed by atoms with van der Waals surface area (Å²) in [4.78, 5) is 2.25. The molecule has 1 aromatic heterocycles. The highest BCUT2D eigenvalue weighted by molar-refractivity contribution is 6.33. The number of benzene rings is 2. The summed E-state index contributed by atoms with van der Waals surface area (Å²) < 4.78 is 5.82. The number of hydrogen-bond acceptors (Lipinski definition) is 4. The Balaban J connectivity index is 1.76. The Bertz CT molecular complexity index is 848. The highest BCUT2D eigenvalue weighted by Crippen LogP contribution is 2.26. The summed E-state index contributed by atoms with van der Waals surface area (Å²) in [5.74, 6) is 0.998. The van der Waals surface area contributed by atoms with Gasteiger partial charge in [-0.15, -0.1) is 10.2 Å². The van der Waals surface area contributed by atoms with Crippen LogP contribution in [0.15, 0.2) is 52.9 Å². The Hall–Kier alpha value is -1.88. The molecule has 3 aromatic rings. The van der Waals surface area contributed by atoms with Crippen LogP contribution < -0.4 is 0 Å². The van der Waals surface area contributed by atoms with Crippen LogP contribution in [-0.4, -0.2) is 21.1 Å². The first-order chi connectivity index (χ1) is 12.0. The molecular formula is C19H19Cl2N3O. The zero-order chi connectivity index (χ0) is 17.8. The van der Waals surface area contributed by atoms with Crippen LogP contribution in [0.5, 0.6) is 0 Å². The summed E-state index contributed by atoms with van der Waals surface area (Å²) in [7, 11) is 0. The Morgan fingerprint density at radius 1 is 1.00 bits per heavy atom. The lowest BCUT2D eigenvalue weighted by atomic mass is 10.2. The van der Waals surface area contributed by atoms with Gasteiger partial charge in [-0.1, -0.05) is 47.5 Å². The molecule has 0 unspecified atom stereocenters. The number of halogens is 2. The molecule has 0 aliphatic carbocycles. The third kappa shape index (κ3) is 4.60. The zero-order valence-electron chi connectivity index (χ0n) is 14.1. The molecule has 6 heteroatoms. The molecule has 0 saturated carbocycles. The second-order valence-electron chi connectivity index (χ2n) is 6.11. The summed E-state index contributed by atoms with van der Waals surface area (Å²) in [6.45, 7) is 5.58. The number of hydrogen-bond donors (Lipinski definition) is 0. The average Bonchev–Trinajstić information content (AvgIpc) is 3.03. The van der Waals surface area contributed by atoms with Gasteiger partial charge in [0.1, 0.15) is 0 Å². The summed E-state index contributed by atoms with van der Waals surface area (Å²) in [5, 5.41) is 9.63. The predicted octanol–water partition coefficient (Wildman–Crippen LogP) is 5.45. The third-order valence-corrected chi connectivity index (χ3v) is 4.48. The molecule has 0 aliphatic heterocycles. The molecule has 0 N–H and O–H groups in total. The Kier molecular flexibility index (Phi) is 5.74. The van der Waals surface area contributed by atoms with Gasteiger partial charge < -0.3 is 4.42 Å². The largest absolute Gasteiger partial charge is 0.419 e. The van der Waals surface area contributed by atoms with Crippen LogP contribution in [0.3, 0.4) is 0 Å². The fraction of sp³-hybridized carbons (Fsp3) is 0.263. The van der Waals surface area contributed by atoms with Crippen molar-refractivity contribution in [3.05, 3.63) is 70.0 Å². The van der Waals surface area contributed by atoms with E-state index in [1.54, 1.807) is 6.07 Å². The maximum atomic E-state index is 6.20. The molecule has 3 rings (SSSR count). The van der Waals surface area contributed by atoms with E-state index in [1.807, 2.05) is 36.4 Å². The van der Waals surface area contributed by atoms with Crippen LogP contribution in [0, 0.1) is 0 Å². The van der Waals surface area contributed by atoms with Crippen LogP contribution in [0.25, 0.3) is 11.5 Å². The van der Waals surface area contributed by atoms with E-state index in [0.29, 0.717) is 29.4 Å². The van der Waals surface area contributed by atoms with Crippen molar-refractivity contribution in [2.75, 3.05) is 0 Å². The van der Waals surface area contributed by atoms with Gasteiger partial charge in [0, 0.05) is 17.6 Å². The smallest absolute Gasteiger partial charge is 0.249 e. The number of nitrogens with zero attached hydrogens (tertiary/aromatic N) is 3. The summed E-state index contributed by atoms with van der Waals surface area (Å²) in [5.41, 5.74) is 1.89. The van der Waals surface area contributed by atoms with Gasteiger partial charge in [0.25, 0.3) is 0 Å². The van der Waals surface area contributed by atoms with Crippen molar-refractivity contribution in [1.82, 2.24) is 15.1 Å². The van der Waals surface area contributed by atoms with E-state index < -0.39 is 0 Å². The van der Waals surface area contributed by atoms with Crippen LogP contribution in [0.4, 0.5) is 0 Å². The topological polar surface area (TPSA) is 42.2 Å². The monoisotopic (exact) mass is 375 g/mol. The second-order valence-corrected chi connectivity index (χ2v) is 6.95. The molecule has 0 atom stereocenters. The van der Waals surface area contributed by atoms with Gasteiger partial charge in [0.2, 0.25) is 11.8 Å². The Morgan fingerprint density at radius 2 is 1.80 bits per heavy atom. The van der Waals surface area contributed by atoms with E-state index in [1.165, 1.54) is 0 Å². The predicted molar refractivity (Wildman–Crippen MR) is 101 cm³/mol. The van der Waals surface area contributed by atoms with E-state index in [4.69, 9.17) is 27.6 Å². The Morgan fingerprint density at radius 3 is 2.52 bits per heavy atom. The van der Waals surface area contributed by atoms with E-state index in [2.05, 4.69) is 35.0 Å². The lowest BCUT2D eigenvalue weighted by molar-refractivity contribution is 0.184. The van der Waals surface area contributed by atoms with Crippen molar-refractivity contribution in [2.24, 2.45) is 0 Å². The van der Waals surface area contributed by atoms with Crippen molar-refractivity contribution >= 4 is 23.2 Å². The van der Waals surface area contributed by atoms with Gasteiger partial charge in [-0.3, -0.25) is 4.90 Å². The molecule has 0 fully saturated rings. The summed E-state index contributed by atoms with van der Waals surface area (Å²) in [6.07, 6.45) is 0. The number of aromatic nitrogens is 2. The zero-order valence-corrected chi connectivity index (χ0v) is 15.6. The fourth-order valence-electron chi connectivity index (χ4n) is 2.53. The molecule has 25 heavy (non-hydrogen) atoms. The lowest BCUT2D eigenvalue weighted by Gasteiger charge is -2.24. The van der Waals surface area contributed by atoms with Gasteiger partial charge in [0.15, 0.2) is 0 Å². The van der Waals surface area contributed by atoms with Crippen molar-refractivity contribution in [2.45, 2.75) is 33.0 Å². The molecule has 0 radical (unpaired) electrons. The first kappa shape index (κ1) is 17.9. The van der Waals surface area contributed by atoms with Gasteiger partial charge in [0.05, 0.1) is 17.1 Å². The molecular weight excluding hydrogens is 357 g/mol. The fourth-order valence-corrected chi connectivity index (χ4v) is 2.96.